The van der Waals surface area contributed by atoms with E-state index in [0.29, 0.717) is 0 Å². The summed E-state index contributed by atoms with van der Waals surface area (Å²) in [6, 6.07) is 14.2. The smallest absolute Gasteiger partial charge is 0.335 e. The number of rotatable bonds is 5. The van der Waals surface area contributed by atoms with Crippen LogP contribution in [0.25, 0.3) is 11.1 Å². The van der Waals surface area contributed by atoms with Crippen LogP contribution in [0.5, 0.6) is 0 Å². The van der Waals surface area contributed by atoms with Crippen molar-refractivity contribution in [2.75, 3.05) is 0 Å². The highest BCUT2D eigenvalue weighted by Crippen LogP contribution is 2.26. The largest absolute Gasteiger partial charge is 0.481 e. The van der Waals surface area contributed by atoms with Gasteiger partial charge in [0.2, 0.25) is 0 Å². The molecule has 0 bridgehead atoms. The number of aliphatic carboxylic acids is 1. The van der Waals surface area contributed by atoms with Crippen LogP contribution in [0.1, 0.15) is 35.2 Å². The van der Waals surface area contributed by atoms with E-state index in [2.05, 4.69) is 0 Å². The Bertz CT molecular complexity index is 676. The van der Waals surface area contributed by atoms with Crippen molar-refractivity contribution >= 4 is 11.9 Å². The lowest BCUT2D eigenvalue weighted by atomic mass is 9.94. The van der Waals surface area contributed by atoms with Crippen molar-refractivity contribution in [1.82, 2.24) is 0 Å². The average Bonchev–Trinajstić information content (AvgIpc) is 2.47. The molecule has 4 heteroatoms. The van der Waals surface area contributed by atoms with Gasteiger partial charge in [-0.3, -0.25) is 4.79 Å². The van der Waals surface area contributed by atoms with Crippen molar-refractivity contribution < 1.29 is 19.8 Å². The second kappa shape index (κ2) is 6.22. The number of benzene rings is 2. The Labute approximate surface area is 122 Å². The third kappa shape index (κ3) is 3.69. The molecule has 0 aliphatic rings. The molecule has 2 aromatic carbocycles. The summed E-state index contributed by atoms with van der Waals surface area (Å²) in [5, 5.41) is 17.9. The molecule has 0 aliphatic carbocycles. The molecule has 0 fully saturated rings. The van der Waals surface area contributed by atoms with Crippen LogP contribution in [0.4, 0.5) is 0 Å². The summed E-state index contributed by atoms with van der Waals surface area (Å²) in [5.41, 5.74) is 2.85. The summed E-state index contributed by atoms with van der Waals surface area (Å²) in [4.78, 5) is 21.8. The maximum absolute atomic E-state index is 11.0. The van der Waals surface area contributed by atoms with Crippen molar-refractivity contribution in [1.29, 1.82) is 0 Å². The average molecular weight is 284 g/mol. The summed E-state index contributed by atoms with van der Waals surface area (Å²) in [6.07, 6.45) is 0.0681. The molecule has 2 aromatic rings. The number of aromatic carboxylic acids is 1. The summed E-state index contributed by atoms with van der Waals surface area (Å²) in [5.74, 6) is -1.89. The van der Waals surface area contributed by atoms with Crippen LogP contribution in [0, 0.1) is 0 Å². The molecule has 0 saturated carbocycles. The quantitative estimate of drug-likeness (QED) is 0.879. The molecule has 108 valence electrons. The molecular weight excluding hydrogens is 268 g/mol. The van der Waals surface area contributed by atoms with Gasteiger partial charge in [-0.25, -0.2) is 4.79 Å². The molecule has 0 heterocycles. The Balaban J connectivity index is 2.35. The highest BCUT2D eigenvalue weighted by molar-refractivity contribution is 5.89. The van der Waals surface area contributed by atoms with Gasteiger partial charge in [0.1, 0.15) is 0 Å². The Morgan fingerprint density at radius 1 is 1.00 bits per heavy atom. The van der Waals surface area contributed by atoms with Gasteiger partial charge < -0.3 is 10.2 Å². The number of hydrogen-bond donors (Lipinski definition) is 2. The Hall–Kier alpha value is -2.62. The Morgan fingerprint density at radius 2 is 1.62 bits per heavy atom. The topological polar surface area (TPSA) is 74.6 Å². The zero-order valence-corrected chi connectivity index (χ0v) is 11.6. The van der Waals surface area contributed by atoms with Crippen molar-refractivity contribution in [3.63, 3.8) is 0 Å². The van der Waals surface area contributed by atoms with Gasteiger partial charge in [0, 0.05) is 0 Å². The summed E-state index contributed by atoms with van der Waals surface area (Å²) in [6.45, 7) is 1.86. The van der Waals surface area contributed by atoms with Crippen LogP contribution in [0.2, 0.25) is 0 Å². The molecule has 0 saturated heterocycles. The van der Waals surface area contributed by atoms with Gasteiger partial charge in [0.05, 0.1) is 12.0 Å². The standard InChI is InChI=1S/C17H16O4/c1-11(8-16(18)19)12-4-2-5-13(9-12)14-6-3-7-15(10-14)17(20)21/h2-7,9-11H,8H2,1H3,(H,18,19)(H,20,21). The van der Waals surface area contributed by atoms with Crippen LogP contribution in [-0.2, 0) is 4.79 Å². The third-order valence-corrected chi connectivity index (χ3v) is 3.38. The molecule has 0 aromatic heterocycles. The minimum Gasteiger partial charge on any atom is -0.481 e. The van der Waals surface area contributed by atoms with E-state index in [4.69, 9.17) is 10.2 Å². The molecule has 2 N–H and O–H groups in total. The van der Waals surface area contributed by atoms with E-state index >= 15 is 0 Å². The van der Waals surface area contributed by atoms with E-state index in [1.165, 1.54) is 0 Å². The summed E-state index contributed by atoms with van der Waals surface area (Å²) < 4.78 is 0. The first-order chi connectivity index (χ1) is 9.97. The molecule has 4 nitrogen and oxygen atoms in total. The summed E-state index contributed by atoms with van der Waals surface area (Å²) in [7, 11) is 0. The zero-order chi connectivity index (χ0) is 15.4. The Kier molecular flexibility index (Phi) is 4.38. The van der Waals surface area contributed by atoms with Gasteiger partial charge in [-0.1, -0.05) is 43.3 Å². The number of carboxylic acids is 2. The van der Waals surface area contributed by atoms with Crippen molar-refractivity contribution in [3.05, 3.63) is 59.7 Å². The van der Waals surface area contributed by atoms with E-state index in [1.807, 2.05) is 37.3 Å². The van der Waals surface area contributed by atoms with E-state index in [9.17, 15) is 9.59 Å². The van der Waals surface area contributed by atoms with Crippen molar-refractivity contribution in [3.8, 4) is 11.1 Å². The first-order valence-corrected chi connectivity index (χ1v) is 6.63. The molecule has 0 radical (unpaired) electrons. The fourth-order valence-electron chi connectivity index (χ4n) is 2.24. The van der Waals surface area contributed by atoms with Gasteiger partial charge in [-0.05, 0) is 34.7 Å². The predicted molar refractivity (Wildman–Crippen MR) is 79.5 cm³/mol. The molecule has 1 atom stereocenters. The predicted octanol–water partition coefficient (Wildman–Crippen LogP) is 3.63. The fourth-order valence-corrected chi connectivity index (χ4v) is 2.24. The van der Waals surface area contributed by atoms with Crippen LogP contribution < -0.4 is 0 Å². The maximum atomic E-state index is 11.0. The lowest BCUT2D eigenvalue weighted by Gasteiger charge is -2.11. The van der Waals surface area contributed by atoms with Gasteiger partial charge >= 0.3 is 11.9 Å². The third-order valence-electron chi connectivity index (χ3n) is 3.38. The number of carbonyl (C=O) groups is 2. The van der Waals surface area contributed by atoms with Crippen molar-refractivity contribution in [2.45, 2.75) is 19.3 Å². The molecular formula is C17H16O4. The molecule has 0 spiro atoms. The van der Waals surface area contributed by atoms with Gasteiger partial charge in [-0.15, -0.1) is 0 Å². The monoisotopic (exact) mass is 284 g/mol. The van der Waals surface area contributed by atoms with Crippen LogP contribution >= 0.6 is 0 Å². The first-order valence-electron chi connectivity index (χ1n) is 6.63. The molecule has 21 heavy (non-hydrogen) atoms. The highest BCUT2D eigenvalue weighted by atomic mass is 16.4. The fraction of sp³-hybridized carbons (Fsp3) is 0.176. The van der Waals surface area contributed by atoms with E-state index < -0.39 is 11.9 Å². The van der Waals surface area contributed by atoms with Crippen LogP contribution in [-0.4, -0.2) is 22.2 Å². The van der Waals surface area contributed by atoms with Crippen LogP contribution in [0.3, 0.4) is 0 Å². The summed E-state index contributed by atoms with van der Waals surface area (Å²) >= 11 is 0. The molecule has 0 aliphatic heterocycles. The molecule has 1 unspecified atom stereocenters. The van der Waals surface area contributed by atoms with E-state index in [1.54, 1.807) is 18.2 Å². The Morgan fingerprint density at radius 3 is 2.24 bits per heavy atom. The van der Waals surface area contributed by atoms with E-state index in [0.717, 1.165) is 16.7 Å². The van der Waals surface area contributed by atoms with Crippen LogP contribution in [0.15, 0.2) is 48.5 Å². The van der Waals surface area contributed by atoms with Gasteiger partial charge in [0.15, 0.2) is 0 Å². The molecule has 0 amide bonds. The molecule has 2 rings (SSSR count). The lowest BCUT2D eigenvalue weighted by Crippen LogP contribution is -2.02. The maximum Gasteiger partial charge on any atom is 0.335 e. The van der Waals surface area contributed by atoms with Gasteiger partial charge in [0.25, 0.3) is 0 Å². The van der Waals surface area contributed by atoms with Gasteiger partial charge in [-0.2, -0.15) is 0 Å². The second-order valence-corrected chi connectivity index (χ2v) is 5.01. The van der Waals surface area contributed by atoms with Crippen molar-refractivity contribution in [2.24, 2.45) is 0 Å². The second-order valence-electron chi connectivity index (χ2n) is 5.01. The number of carboxylic acid groups (broad SMARTS) is 2. The highest BCUT2D eigenvalue weighted by Gasteiger charge is 2.11. The normalized spacial score (nSPS) is 11.9. The van der Waals surface area contributed by atoms with E-state index in [-0.39, 0.29) is 17.9 Å². The first kappa shape index (κ1) is 14.8. The minimum atomic E-state index is -0.966. The lowest BCUT2D eigenvalue weighted by molar-refractivity contribution is -0.137. The minimum absolute atomic E-state index is 0.0681. The zero-order valence-electron chi connectivity index (χ0n) is 11.6. The number of hydrogen-bond acceptors (Lipinski definition) is 2. The SMILES string of the molecule is CC(CC(=O)O)c1cccc(-c2cccc(C(=O)O)c2)c1.